The Kier molecular flexibility index (Phi) is 11.2. The molecule has 0 N–H and O–H groups in total. The highest BCUT2D eigenvalue weighted by Gasteiger charge is 2.51. The van der Waals surface area contributed by atoms with Crippen molar-refractivity contribution in [2.45, 2.75) is 5.41 Å². The van der Waals surface area contributed by atoms with Crippen molar-refractivity contribution < 1.29 is 0 Å². The first kappa shape index (κ1) is 48.0. The van der Waals surface area contributed by atoms with Crippen LogP contribution in [0.4, 0.5) is 17.1 Å². The Morgan fingerprint density at radius 1 is 0.220 bits per heavy atom. The monoisotopic (exact) mass is 1070 g/mol. The second-order valence-electron chi connectivity index (χ2n) is 22.2. The van der Waals surface area contributed by atoms with Gasteiger partial charge in [-0.2, -0.15) is 0 Å². The van der Waals surface area contributed by atoms with Crippen LogP contribution in [0.15, 0.2) is 334 Å². The van der Waals surface area contributed by atoms with Gasteiger partial charge in [0.1, 0.15) is 0 Å². The minimum Gasteiger partial charge on any atom is -0.310 e. The molecule has 0 aromatic heterocycles. The highest BCUT2D eigenvalue weighted by Crippen LogP contribution is 2.56. The van der Waals surface area contributed by atoms with Crippen LogP contribution in [0.5, 0.6) is 0 Å². The van der Waals surface area contributed by atoms with Crippen molar-refractivity contribution in [2.24, 2.45) is 0 Å². The summed E-state index contributed by atoms with van der Waals surface area (Å²) in [7, 11) is -5.54. The van der Waals surface area contributed by atoms with Gasteiger partial charge in [0.15, 0.2) is 16.1 Å². The van der Waals surface area contributed by atoms with Crippen molar-refractivity contribution in [3.05, 3.63) is 356 Å². The summed E-state index contributed by atoms with van der Waals surface area (Å²) in [5.41, 5.74) is 18.1. The van der Waals surface area contributed by atoms with Crippen LogP contribution >= 0.6 is 0 Å². The van der Waals surface area contributed by atoms with Crippen LogP contribution in [0.25, 0.3) is 44.5 Å². The predicted octanol–water partition coefficient (Wildman–Crippen LogP) is 13.9. The summed E-state index contributed by atoms with van der Waals surface area (Å²) >= 11 is 0. The van der Waals surface area contributed by atoms with Gasteiger partial charge in [0, 0.05) is 17.1 Å². The van der Waals surface area contributed by atoms with E-state index in [1.807, 2.05) is 0 Å². The van der Waals surface area contributed by atoms with E-state index in [1.165, 1.54) is 108 Å². The fourth-order valence-electron chi connectivity index (χ4n) is 15.1. The summed E-state index contributed by atoms with van der Waals surface area (Å²) in [5, 5.41) is 11.3. The lowest BCUT2D eigenvalue weighted by molar-refractivity contribution is 0.768. The third-order valence-electron chi connectivity index (χ3n) is 18.3. The summed E-state index contributed by atoms with van der Waals surface area (Å²) in [6.07, 6.45) is 0. The molecular weight excluding hydrogens is 1020 g/mol. The van der Waals surface area contributed by atoms with Crippen molar-refractivity contribution >= 4 is 74.7 Å². The minimum absolute atomic E-state index is 0.561. The quantitative estimate of drug-likeness (QED) is 0.123. The molecule has 13 aromatic carbocycles. The van der Waals surface area contributed by atoms with Gasteiger partial charge >= 0.3 is 0 Å². The molecule has 1 nitrogen and oxygen atoms in total. The SMILES string of the molecule is c1ccc(C2(c3cccc(N(c4ccc(-c5cccc([Si]6(c7ccccc7)c7ccccc7-c7ccccc76)c5)cc4)c4ccc5c(c4)[Si](c4ccccc4)(c4ccccc4)c4ccccc4-5)c3)c3ccccc3-c3ccccc32)cc1. The van der Waals surface area contributed by atoms with Crippen molar-refractivity contribution in [3.8, 4) is 44.5 Å². The molecule has 0 saturated carbocycles. The Hall–Kier alpha value is -9.91. The zero-order valence-electron chi connectivity index (χ0n) is 45.2. The number of hydrogen-bond donors (Lipinski definition) is 0. The summed E-state index contributed by atoms with van der Waals surface area (Å²) in [4.78, 5) is 2.53. The van der Waals surface area contributed by atoms with Crippen molar-refractivity contribution in [1.29, 1.82) is 0 Å². The van der Waals surface area contributed by atoms with E-state index in [9.17, 15) is 0 Å². The molecule has 2 heterocycles. The van der Waals surface area contributed by atoms with Crippen LogP contribution in [0, 0.1) is 0 Å². The molecule has 3 aliphatic rings. The van der Waals surface area contributed by atoms with E-state index in [0.717, 1.165) is 17.1 Å². The third kappa shape index (κ3) is 6.91. The second-order valence-corrected chi connectivity index (χ2v) is 29.6. The molecule has 0 spiro atoms. The standard InChI is InChI=1S/C79H55NSi2/c1-5-26-58(27-6-1)79(73-42-18-13-37-67(73)68-38-14-19-43-74(68)79)59-28-24-29-61(54-59)80(62-51-52-72-71-41-17-20-44-75(71)81(78(72)55-62,63-30-7-2-8-31-63)64-32-9-3-10-33-64)60-49-47-56(48-50-60)57-25-23-36-66(53-57)82(65-34-11-4-12-35-65)76-45-21-15-39-69(76)70-40-16-22-46-77(70)82/h1-55H. The molecule has 16 rings (SSSR count). The molecule has 0 unspecified atom stereocenters. The summed E-state index contributed by atoms with van der Waals surface area (Å²) in [5.74, 6) is 0. The fraction of sp³-hybridized carbons (Fsp3) is 0.0127. The van der Waals surface area contributed by atoms with Crippen LogP contribution < -0.4 is 46.4 Å². The number of fused-ring (bicyclic) bond motifs is 9. The molecule has 82 heavy (non-hydrogen) atoms. The molecule has 13 aromatic rings. The predicted molar refractivity (Wildman–Crippen MR) is 349 cm³/mol. The zero-order chi connectivity index (χ0) is 54.2. The van der Waals surface area contributed by atoms with Gasteiger partial charge in [-0.25, -0.2) is 0 Å². The van der Waals surface area contributed by atoms with E-state index in [4.69, 9.17) is 0 Å². The topological polar surface area (TPSA) is 3.24 Å². The van der Waals surface area contributed by atoms with Gasteiger partial charge in [0.25, 0.3) is 0 Å². The van der Waals surface area contributed by atoms with Crippen LogP contribution in [0.1, 0.15) is 22.3 Å². The van der Waals surface area contributed by atoms with E-state index >= 15 is 0 Å². The number of nitrogens with zero attached hydrogens (tertiary/aromatic N) is 1. The fourth-order valence-corrected chi connectivity index (χ4v) is 25.5. The highest BCUT2D eigenvalue weighted by molar-refractivity contribution is 7.23. The van der Waals surface area contributed by atoms with E-state index in [1.54, 1.807) is 0 Å². The first-order valence-electron chi connectivity index (χ1n) is 28.7. The minimum atomic E-state index is -2.84. The molecular formula is C79H55NSi2. The molecule has 384 valence electrons. The maximum atomic E-state index is 2.56. The van der Waals surface area contributed by atoms with Crippen molar-refractivity contribution in [2.75, 3.05) is 4.90 Å². The lowest BCUT2D eigenvalue weighted by Crippen LogP contribution is -2.72. The van der Waals surface area contributed by atoms with Gasteiger partial charge in [-0.15, -0.1) is 0 Å². The molecule has 2 aliphatic heterocycles. The lowest BCUT2D eigenvalue weighted by atomic mass is 9.67. The molecule has 0 fully saturated rings. The molecule has 3 heteroatoms. The Balaban J connectivity index is 0.903. The molecule has 0 atom stereocenters. The Morgan fingerprint density at radius 2 is 0.610 bits per heavy atom. The third-order valence-corrected chi connectivity index (χ3v) is 28.0. The molecule has 0 radical (unpaired) electrons. The number of hydrogen-bond acceptors (Lipinski definition) is 1. The van der Waals surface area contributed by atoms with Crippen LogP contribution in [-0.2, 0) is 5.41 Å². The maximum absolute atomic E-state index is 2.84. The average molecular weight is 1070 g/mol. The van der Waals surface area contributed by atoms with E-state index in [-0.39, 0.29) is 0 Å². The summed E-state index contributed by atoms with van der Waals surface area (Å²) < 4.78 is 0. The Morgan fingerprint density at radius 3 is 1.15 bits per heavy atom. The van der Waals surface area contributed by atoms with E-state index in [0.29, 0.717) is 0 Å². The number of anilines is 3. The number of rotatable bonds is 10. The first-order chi connectivity index (χ1) is 40.7. The zero-order valence-corrected chi connectivity index (χ0v) is 47.2. The Labute approximate surface area is 482 Å². The second kappa shape index (κ2) is 19.1. The van der Waals surface area contributed by atoms with Gasteiger partial charge in [-0.05, 0) is 145 Å². The van der Waals surface area contributed by atoms with Crippen molar-refractivity contribution in [1.82, 2.24) is 0 Å². The van der Waals surface area contributed by atoms with Gasteiger partial charge in [-0.1, -0.05) is 297 Å². The lowest BCUT2D eigenvalue weighted by Gasteiger charge is -2.35. The first-order valence-corrected chi connectivity index (χ1v) is 32.7. The molecule has 0 saturated heterocycles. The van der Waals surface area contributed by atoms with Gasteiger partial charge < -0.3 is 4.90 Å². The van der Waals surface area contributed by atoms with E-state index < -0.39 is 21.6 Å². The smallest absolute Gasteiger partial charge is 0.180 e. The molecule has 0 bridgehead atoms. The van der Waals surface area contributed by atoms with Crippen LogP contribution in [0.2, 0.25) is 0 Å². The van der Waals surface area contributed by atoms with Gasteiger partial charge in [0.2, 0.25) is 0 Å². The van der Waals surface area contributed by atoms with Gasteiger partial charge in [0.05, 0.1) is 5.41 Å². The molecule has 1 aliphatic carbocycles. The molecule has 0 amide bonds. The maximum Gasteiger partial charge on any atom is 0.180 e. The highest BCUT2D eigenvalue weighted by atomic mass is 28.3. The summed E-state index contributed by atoms with van der Waals surface area (Å²) in [6, 6.07) is 127. The van der Waals surface area contributed by atoms with E-state index in [2.05, 4.69) is 339 Å². The van der Waals surface area contributed by atoms with Crippen molar-refractivity contribution in [3.63, 3.8) is 0 Å². The largest absolute Gasteiger partial charge is 0.310 e. The Bertz CT molecular complexity index is 4440. The number of benzene rings is 13. The normalized spacial score (nSPS) is 14.1. The average Bonchev–Trinajstić information content (AvgIpc) is 3.26. The van der Waals surface area contributed by atoms with Crippen LogP contribution in [-0.4, -0.2) is 16.1 Å². The van der Waals surface area contributed by atoms with Gasteiger partial charge in [-0.3, -0.25) is 0 Å². The summed E-state index contributed by atoms with van der Waals surface area (Å²) in [6.45, 7) is 0. The van der Waals surface area contributed by atoms with Crippen LogP contribution in [0.3, 0.4) is 0 Å².